The molecule has 1 fully saturated rings. The molecule has 24 heavy (non-hydrogen) atoms. The lowest BCUT2D eigenvalue weighted by molar-refractivity contribution is 0.0174. The Kier molecular flexibility index (Phi) is 4.57. The zero-order valence-corrected chi connectivity index (χ0v) is 15.3. The van der Waals surface area contributed by atoms with Gasteiger partial charge in [0, 0.05) is 13.1 Å². The van der Waals surface area contributed by atoms with Crippen LogP contribution in [0.1, 0.15) is 39.7 Å². The molecule has 0 bridgehead atoms. The number of imidazole rings is 1. The lowest BCUT2D eigenvalue weighted by Crippen LogP contribution is -2.43. The first-order valence-electron chi connectivity index (χ1n) is 7.78. The number of carbonyl (C=O) groups excluding carboxylic acids is 1. The third-order valence-corrected chi connectivity index (χ3v) is 4.23. The number of aromatic nitrogens is 4. The van der Waals surface area contributed by atoms with E-state index in [1.54, 1.807) is 11.2 Å². The number of piperidine rings is 1. The van der Waals surface area contributed by atoms with E-state index in [-0.39, 0.29) is 22.6 Å². The SMILES string of the molecule is CC(C)(C)OC(=O)N1CCCC(n2cnc3nc(Cl)nc(Cl)c32)C1. The summed E-state index contributed by atoms with van der Waals surface area (Å²) in [7, 11) is 0. The Balaban J connectivity index is 1.84. The molecule has 0 radical (unpaired) electrons. The molecule has 0 N–H and O–H groups in total. The van der Waals surface area contributed by atoms with Crippen LogP contribution < -0.4 is 0 Å². The Morgan fingerprint density at radius 2 is 2.08 bits per heavy atom. The molecule has 3 rings (SSSR count). The quantitative estimate of drug-likeness (QED) is 0.564. The van der Waals surface area contributed by atoms with Crippen LogP contribution in [0.5, 0.6) is 0 Å². The van der Waals surface area contributed by atoms with Crippen molar-refractivity contribution in [2.24, 2.45) is 0 Å². The minimum atomic E-state index is -0.514. The van der Waals surface area contributed by atoms with Crippen LogP contribution >= 0.6 is 23.2 Å². The van der Waals surface area contributed by atoms with Gasteiger partial charge in [0.05, 0.1) is 12.4 Å². The van der Waals surface area contributed by atoms with Gasteiger partial charge in [-0.1, -0.05) is 11.6 Å². The van der Waals surface area contributed by atoms with Crippen LogP contribution in [0.2, 0.25) is 10.4 Å². The lowest BCUT2D eigenvalue weighted by Gasteiger charge is -2.34. The molecule has 1 unspecified atom stereocenters. The molecule has 7 nitrogen and oxygen atoms in total. The van der Waals surface area contributed by atoms with Gasteiger partial charge in [0.2, 0.25) is 5.28 Å². The normalized spacial score (nSPS) is 18.9. The fourth-order valence-electron chi connectivity index (χ4n) is 2.83. The van der Waals surface area contributed by atoms with Crippen LogP contribution in [0.3, 0.4) is 0 Å². The Bertz CT molecular complexity index is 771. The number of halogens is 2. The molecule has 1 aliphatic heterocycles. The second-order valence-corrected chi connectivity index (χ2v) is 7.53. The van der Waals surface area contributed by atoms with Gasteiger partial charge < -0.3 is 14.2 Å². The van der Waals surface area contributed by atoms with Gasteiger partial charge in [-0.05, 0) is 45.2 Å². The first-order valence-corrected chi connectivity index (χ1v) is 8.54. The minimum absolute atomic E-state index is 0.0403. The Morgan fingerprint density at radius 1 is 1.33 bits per heavy atom. The molecule has 1 amide bonds. The van der Waals surface area contributed by atoms with Crippen molar-refractivity contribution in [3.8, 4) is 0 Å². The second-order valence-electron chi connectivity index (χ2n) is 6.83. The minimum Gasteiger partial charge on any atom is -0.444 e. The molecule has 1 atom stereocenters. The monoisotopic (exact) mass is 371 g/mol. The van der Waals surface area contributed by atoms with Gasteiger partial charge in [-0.2, -0.15) is 4.98 Å². The van der Waals surface area contributed by atoms with Crippen molar-refractivity contribution >= 4 is 40.5 Å². The molecule has 130 valence electrons. The van der Waals surface area contributed by atoms with Crippen LogP contribution in [-0.4, -0.2) is 49.2 Å². The number of likely N-dealkylation sites (tertiary alicyclic amines) is 1. The van der Waals surface area contributed by atoms with Crippen molar-refractivity contribution in [3.05, 3.63) is 16.8 Å². The standard InChI is InChI=1S/C15H19Cl2N5O2/c1-15(2,3)24-14(23)21-6-4-5-9(7-21)22-8-18-12-10(22)11(16)19-13(17)20-12/h8-9H,4-7H2,1-3H3. The van der Waals surface area contributed by atoms with Gasteiger partial charge in [0.15, 0.2) is 10.8 Å². The molecule has 2 aromatic heterocycles. The summed E-state index contributed by atoms with van der Waals surface area (Å²) in [6.45, 7) is 6.77. The third kappa shape index (κ3) is 3.57. The number of amides is 1. The summed E-state index contributed by atoms with van der Waals surface area (Å²) in [6.07, 6.45) is 3.14. The highest BCUT2D eigenvalue weighted by molar-refractivity contribution is 6.35. The maximum atomic E-state index is 12.3. The van der Waals surface area contributed by atoms with Crippen molar-refractivity contribution in [1.29, 1.82) is 0 Å². The first-order chi connectivity index (χ1) is 11.2. The van der Waals surface area contributed by atoms with Crippen LogP contribution in [-0.2, 0) is 4.74 Å². The average molecular weight is 372 g/mol. The highest BCUT2D eigenvalue weighted by Crippen LogP contribution is 2.29. The maximum Gasteiger partial charge on any atom is 0.410 e. The lowest BCUT2D eigenvalue weighted by atomic mass is 10.1. The van der Waals surface area contributed by atoms with Gasteiger partial charge >= 0.3 is 6.09 Å². The van der Waals surface area contributed by atoms with E-state index in [0.29, 0.717) is 24.3 Å². The number of carbonyl (C=O) groups is 1. The summed E-state index contributed by atoms with van der Waals surface area (Å²) >= 11 is 12.0. The van der Waals surface area contributed by atoms with E-state index in [4.69, 9.17) is 27.9 Å². The summed E-state index contributed by atoms with van der Waals surface area (Å²) in [5, 5.41) is 0.327. The molecule has 1 saturated heterocycles. The zero-order chi connectivity index (χ0) is 17.5. The highest BCUT2D eigenvalue weighted by atomic mass is 35.5. The molecular formula is C15H19Cl2N5O2. The van der Waals surface area contributed by atoms with Gasteiger partial charge in [0.25, 0.3) is 0 Å². The number of fused-ring (bicyclic) bond motifs is 1. The predicted octanol–water partition coefficient (Wildman–Crippen LogP) is 3.71. The van der Waals surface area contributed by atoms with E-state index < -0.39 is 5.60 Å². The Hall–Kier alpha value is -1.60. The number of hydrogen-bond acceptors (Lipinski definition) is 5. The van der Waals surface area contributed by atoms with Crippen molar-refractivity contribution < 1.29 is 9.53 Å². The molecule has 0 saturated carbocycles. The molecular weight excluding hydrogens is 353 g/mol. The number of nitrogens with zero attached hydrogens (tertiary/aromatic N) is 5. The third-order valence-electron chi connectivity index (χ3n) is 3.80. The number of ether oxygens (including phenoxy) is 1. The van der Waals surface area contributed by atoms with Gasteiger partial charge in [-0.3, -0.25) is 0 Å². The summed E-state index contributed by atoms with van der Waals surface area (Å²) in [6, 6.07) is 0.0403. The summed E-state index contributed by atoms with van der Waals surface area (Å²) in [5.41, 5.74) is 0.575. The van der Waals surface area contributed by atoms with Gasteiger partial charge in [0.1, 0.15) is 11.1 Å². The van der Waals surface area contributed by atoms with Crippen molar-refractivity contribution in [1.82, 2.24) is 24.4 Å². The van der Waals surface area contributed by atoms with E-state index in [9.17, 15) is 4.79 Å². The Morgan fingerprint density at radius 3 is 2.79 bits per heavy atom. The molecule has 0 aromatic carbocycles. The molecule has 3 heterocycles. The molecule has 0 aliphatic carbocycles. The van der Waals surface area contributed by atoms with Crippen molar-refractivity contribution in [2.75, 3.05) is 13.1 Å². The van der Waals surface area contributed by atoms with E-state index in [0.717, 1.165) is 12.8 Å². The van der Waals surface area contributed by atoms with E-state index in [2.05, 4.69) is 15.0 Å². The fraction of sp³-hybridized carbons (Fsp3) is 0.600. The molecule has 1 aliphatic rings. The fourth-order valence-corrected chi connectivity index (χ4v) is 3.30. The van der Waals surface area contributed by atoms with Crippen molar-refractivity contribution in [3.63, 3.8) is 0 Å². The number of hydrogen-bond donors (Lipinski definition) is 0. The summed E-state index contributed by atoms with van der Waals surface area (Å²) in [4.78, 5) is 26.4. The predicted molar refractivity (Wildman–Crippen MR) is 91.4 cm³/mol. The first kappa shape index (κ1) is 17.2. The molecule has 2 aromatic rings. The van der Waals surface area contributed by atoms with Crippen LogP contribution in [0.4, 0.5) is 4.79 Å². The topological polar surface area (TPSA) is 73.1 Å². The summed E-state index contributed by atoms with van der Waals surface area (Å²) in [5.74, 6) is 0. The molecule has 9 heteroatoms. The zero-order valence-electron chi connectivity index (χ0n) is 13.8. The number of rotatable bonds is 1. The van der Waals surface area contributed by atoms with Crippen LogP contribution in [0, 0.1) is 0 Å². The van der Waals surface area contributed by atoms with Crippen LogP contribution in [0.15, 0.2) is 6.33 Å². The molecule has 0 spiro atoms. The maximum absolute atomic E-state index is 12.3. The Labute approximate surface area is 149 Å². The smallest absolute Gasteiger partial charge is 0.410 e. The van der Waals surface area contributed by atoms with Crippen molar-refractivity contribution in [2.45, 2.75) is 45.3 Å². The second kappa shape index (κ2) is 6.37. The summed E-state index contributed by atoms with van der Waals surface area (Å²) < 4.78 is 7.38. The largest absolute Gasteiger partial charge is 0.444 e. The van der Waals surface area contributed by atoms with E-state index in [1.165, 1.54) is 0 Å². The van der Waals surface area contributed by atoms with Gasteiger partial charge in [-0.25, -0.2) is 14.8 Å². The van der Waals surface area contributed by atoms with Crippen LogP contribution in [0.25, 0.3) is 11.2 Å². The average Bonchev–Trinajstić information content (AvgIpc) is 2.89. The van der Waals surface area contributed by atoms with Gasteiger partial charge in [-0.15, -0.1) is 0 Å². The highest BCUT2D eigenvalue weighted by Gasteiger charge is 2.29. The van der Waals surface area contributed by atoms with E-state index in [1.807, 2.05) is 25.3 Å². The van der Waals surface area contributed by atoms with E-state index >= 15 is 0 Å².